The van der Waals surface area contributed by atoms with Crippen molar-refractivity contribution in [1.29, 1.82) is 0 Å². The Balaban J connectivity index is 2.11. The van der Waals surface area contributed by atoms with Gasteiger partial charge in [-0.2, -0.15) is 0 Å². The van der Waals surface area contributed by atoms with Crippen LogP contribution in [0.5, 0.6) is 0 Å². The van der Waals surface area contributed by atoms with Crippen LogP contribution in [0.25, 0.3) is 0 Å². The summed E-state index contributed by atoms with van der Waals surface area (Å²) in [7, 11) is 0. The van der Waals surface area contributed by atoms with Gasteiger partial charge in [-0.1, -0.05) is 20.3 Å². The molecule has 1 saturated carbocycles. The van der Waals surface area contributed by atoms with Crippen LogP contribution in [0.15, 0.2) is 0 Å². The molecule has 0 saturated heterocycles. The van der Waals surface area contributed by atoms with Gasteiger partial charge in [-0.3, -0.25) is 0 Å². The molecule has 0 heterocycles. The normalized spacial score (nSPS) is 18.4. The van der Waals surface area contributed by atoms with Crippen molar-refractivity contribution in [3.8, 4) is 0 Å². The maximum Gasteiger partial charge on any atom is 0.00509 e. The zero-order chi connectivity index (χ0) is 11.1. The van der Waals surface area contributed by atoms with Gasteiger partial charge in [0.1, 0.15) is 0 Å². The molecule has 0 aliphatic heterocycles. The average molecular weight is 212 g/mol. The first-order valence-corrected chi connectivity index (χ1v) is 6.74. The summed E-state index contributed by atoms with van der Waals surface area (Å²) < 4.78 is 0. The molecular formula is C13H28N2. The molecule has 0 aromatic heterocycles. The molecule has 1 atom stereocenters. The molecule has 15 heavy (non-hydrogen) atoms. The van der Waals surface area contributed by atoms with E-state index in [0.29, 0.717) is 6.04 Å². The minimum absolute atomic E-state index is 0.425. The summed E-state index contributed by atoms with van der Waals surface area (Å²) in [6, 6.07) is 0.425. The highest BCUT2D eigenvalue weighted by molar-refractivity contribution is 4.77. The first kappa shape index (κ1) is 13.0. The topological polar surface area (TPSA) is 29.3 Å². The first-order valence-electron chi connectivity index (χ1n) is 6.74. The second kappa shape index (κ2) is 7.24. The highest BCUT2D eigenvalue weighted by Gasteiger charge is 2.23. The molecule has 90 valence electrons. The second-order valence-corrected chi connectivity index (χ2v) is 5.08. The number of hydrogen-bond acceptors (Lipinski definition) is 2. The summed E-state index contributed by atoms with van der Waals surface area (Å²) >= 11 is 0. The van der Waals surface area contributed by atoms with Crippen molar-refractivity contribution >= 4 is 0 Å². The van der Waals surface area contributed by atoms with E-state index in [1.54, 1.807) is 0 Å². The van der Waals surface area contributed by atoms with E-state index >= 15 is 0 Å². The van der Waals surface area contributed by atoms with E-state index in [2.05, 4.69) is 18.7 Å². The molecule has 0 aromatic carbocycles. The number of nitrogens with zero attached hydrogens (tertiary/aromatic N) is 1. The van der Waals surface area contributed by atoms with Crippen LogP contribution in [0.2, 0.25) is 0 Å². The largest absolute Gasteiger partial charge is 0.328 e. The van der Waals surface area contributed by atoms with Crippen molar-refractivity contribution in [2.24, 2.45) is 11.7 Å². The molecule has 1 rings (SSSR count). The van der Waals surface area contributed by atoms with E-state index in [1.165, 1.54) is 58.2 Å². The van der Waals surface area contributed by atoms with Gasteiger partial charge in [0.25, 0.3) is 0 Å². The van der Waals surface area contributed by atoms with Gasteiger partial charge >= 0.3 is 0 Å². The van der Waals surface area contributed by atoms with Gasteiger partial charge in [0.05, 0.1) is 0 Å². The smallest absolute Gasteiger partial charge is 0.00509 e. The lowest BCUT2D eigenvalue weighted by Gasteiger charge is -2.23. The summed E-state index contributed by atoms with van der Waals surface area (Å²) in [5.74, 6) is 1.01. The van der Waals surface area contributed by atoms with Crippen LogP contribution in [0, 0.1) is 5.92 Å². The zero-order valence-electron chi connectivity index (χ0n) is 10.5. The van der Waals surface area contributed by atoms with Crippen molar-refractivity contribution in [3.05, 3.63) is 0 Å². The quantitative estimate of drug-likeness (QED) is 0.636. The van der Waals surface area contributed by atoms with Gasteiger partial charge in [-0.15, -0.1) is 0 Å². The second-order valence-electron chi connectivity index (χ2n) is 5.08. The van der Waals surface area contributed by atoms with E-state index in [-0.39, 0.29) is 0 Å². The molecule has 0 amide bonds. The van der Waals surface area contributed by atoms with Gasteiger partial charge < -0.3 is 10.6 Å². The molecule has 0 bridgehead atoms. The lowest BCUT2D eigenvalue weighted by atomic mass is 10.1. The summed E-state index contributed by atoms with van der Waals surface area (Å²) in [5, 5.41) is 0. The number of hydrogen-bond donors (Lipinski definition) is 1. The van der Waals surface area contributed by atoms with Crippen molar-refractivity contribution in [1.82, 2.24) is 4.90 Å². The van der Waals surface area contributed by atoms with Gasteiger partial charge in [-0.25, -0.2) is 0 Å². The van der Waals surface area contributed by atoms with Crippen molar-refractivity contribution in [2.75, 3.05) is 19.6 Å². The third-order valence-corrected chi connectivity index (χ3v) is 3.23. The molecule has 0 radical (unpaired) electrons. The van der Waals surface area contributed by atoms with Gasteiger partial charge in [-0.05, 0) is 51.1 Å². The molecule has 1 aliphatic carbocycles. The molecule has 1 aliphatic rings. The minimum Gasteiger partial charge on any atom is -0.328 e. The molecule has 2 nitrogen and oxygen atoms in total. The number of rotatable bonds is 9. The first-order chi connectivity index (χ1) is 7.26. The van der Waals surface area contributed by atoms with Crippen molar-refractivity contribution in [2.45, 2.75) is 58.4 Å². The molecule has 2 N–H and O–H groups in total. The van der Waals surface area contributed by atoms with Gasteiger partial charge in [0.2, 0.25) is 0 Å². The van der Waals surface area contributed by atoms with Crippen LogP contribution in [-0.4, -0.2) is 30.6 Å². The van der Waals surface area contributed by atoms with Crippen LogP contribution in [-0.2, 0) is 0 Å². The fourth-order valence-electron chi connectivity index (χ4n) is 2.14. The van der Waals surface area contributed by atoms with Crippen LogP contribution in [0.1, 0.15) is 52.4 Å². The van der Waals surface area contributed by atoms with Crippen molar-refractivity contribution in [3.63, 3.8) is 0 Å². The monoisotopic (exact) mass is 212 g/mol. The number of nitrogens with two attached hydrogens (primary N) is 1. The lowest BCUT2D eigenvalue weighted by Crippen LogP contribution is -2.32. The van der Waals surface area contributed by atoms with Crippen LogP contribution in [0.3, 0.4) is 0 Å². The maximum absolute atomic E-state index is 6.05. The van der Waals surface area contributed by atoms with Gasteiger partial charge in [0, 0.05) is 12.6 Å². The Kier molecular flexibility index (Phi) is 6.26. The van der Waals surface area contributed by atoms with E-state index < -0.39 is 0 Å². The highest BCUT2D eigenvalue weighted by atomic mass is 15.1. The molecular weight excluding hydrogens is 184 g/mol. The fourth-order valence-corrected chi connectivity index (χ4v) is 2.14. The Morgan fingerprint density at radius 2 is 1.87 bits per heavy atom. The predicted octanol–water partition coefficient (Wildman–Crippen LogP) is 2.63. The zero-order valence-corrected chi connectivity index (χ0v) is 10.5. The van der Waals surface area contributed by atoms with E-state index in [0.717, 1.165) is 5.92 Å². The summed E-state index contributed by atoms with van der Waals surface area (Å²) in [6.45, 7) is 8.28. The Labute approximate surface area is 95.2 Å². The standard InChI is InChI=1S/C13H28N2/c1-3-5-13(14)8-10-15(9-4-2)11-12-6-7-12/h12-13H,3-11,14H2,1-2H3. The average Bonchev–Trinajstić information content (AvgIpc) is 2.99. The Morgan fingerprint density at radius 1 is 1.13 bits per heavy atom. The highest BCUT2D eigenvalue weighted by Crippen LogP contribution is 2.29. The lowest BCUT2D eigenvalue weighted by molar-refractivity contribution is 0.251. The third kappa shape index (κ3) is 6.16. The summed E-state index contributed by atoms with van der Waals surface area (Å²) in [4.78, 5) is 2.62. The molecule has 0 aromatic rings. The van der Waals surface area contributed by atoms with Gasteiger partial charge in [0.15, 0.2) is 0 Å². The Hall–Kier alpha value is -0.0800. The SMILES string of the molecule is CCCC(N)CCN(CCC)CC1CC1. The van der Waals surface area contributed by atoms with E-state index in [1.807, 2.05) is 0 Å². The summed E-state index contributed by atoms with van der Waals surface area (Å²) in [5.41, 5.74) is 6.05. The van der Waals surface area contributed by atoms with E-state index in [9.17, 15) is 0 Å². The third-order valence-electron chi connectivity index (χ3n) is 3.23. The molecule has 1 unspecified atom stereocenters. The predicted molar refractivity (Wildman–Crippen MR) is 67.0 cm³/mol. The Morgan fingerprint density at radius 3 is 2.40 bits per heavy atom. The fraction of sp³-hybridized carbons (Fsp3) is 1.00. The maximum atomic E-state index is 6.05. The van der Waals surface area contributed by atoms with E-state index in [4.69, 9.17) is 5.73 Å². The Bertz CT molecular complexity index is 155. The molecule has 0 spiro atoms. The minimum atomic E-state index is 0.425. The molecule has 2 heteroatoms. The van der Waals surface area contributed by atoms with Crippen LogP contribution >= 0.6 is 0 Å². The molecule has 1 fully saturated rings. The summed E-state index contributed by atoms with van der Waals surface area (Å²) in [6.07, 6.45) is 7.78. The van der Waals surface area contributed by atoms with Crippen LogP contribution < -0.4 is 5.73 Å². The van der Waals surface area contributed by atoms with Crippen molar-refractivity contribution < 1.29 is 0 Å². The van der Waals surface area contributed by atoms with Crippen LogP contribution in [0.4, 0.5) is 0 Å².